The number of nitrogens with zero attached hydrogens (tertiary/aromatic N) is 2. The zero-order valence-electron chi connectivity index (χ0n) is 17.8. The summed E-state index contributed by atoms with van der Waals surface area (Å²) in [5, 5.41) is 12.2. The van der Waals surface area contributed by atoms with E-state index >= 15 is 0 Å². The molecule has 0 amide bonds. The van der Waals surface area contributed by atoms with E-state index in [-0.39, 0.29) is 17.4 Å². The minimum absolute atomic E-state index is 0.0503. The lowest BCUT2D eigenvalue weighted by Gasteiger charge is -2.47. The van der Waals surface area contributed by atoms with Crippen LogP contribution in [0.2, 0.25) is 0 Å². The number of hydrogen-bond donors (Lipinski definition) is 1. The Balaban J connectivity index is 1.74. The van der Waals surface area contributed by atoms with E-state index < -0.39 is 5.41 Å². The maximum atomic E-state index is 13.5. The molecular formula is C26H27N3O. The monoisotopic (exact) mass is 397 g/mol. The summed E-state index contributed by atoms with van der Waals surface area (Å²) in [6, 6.07) is 19.1. The molecule has 2 aromatic carbocycles. The van der Waals surface area contributed by atoms with E-state index in [0.29, 0.717) is 6.42 Å². The second-order valence-electron chi connectivity index (χ2n) is 9.36. The molecule has 0 aromatic heterocycles. The number of rotatable bonds is 3. The van der Waals surface area contributed by atoms with Gasteiger partial charge in [0.15, 0.2) is 11.9 Å². The first-order chi connectivity index (χ1) is 14.4. The summed E-state index contributed by atoms with van der Waals surface area (Å²) < 4.78 is 0. The van der Waals surface area contributed by atoms with Crippen molar-refractivity contribution in [2.24, 2.45) is 15.6 Å². The van der Waals surface area contributed by atoms with Gasteiger partial charge in [-0.15, -0.1) is 0 Å². The van der Waals surface area contributed by atoms with Gasteiger partial charge in [0.25, 0.3) is 0 Å². The van der Waals surface area contributed by atoms with Crippen LogP contribution in [-0.4, -0.2) is 11.9 Å². The Morgan fingerprint density at radius 2 is 1.80 bits per heavy atom. The lowest BCUT2D eigenvalue weighted by atomic mass is 9.58. The number of fused-ring (bicyclic) bond motifs is 1. The van der Waals surface area contributed by atoms with Crippen LogP contribution in [0, 0.1) is 5.41 Å². The van der Waals surface area contributed by atoms with Crippen molar-refractivity contribution >= 4 is 5.78 Å². The van der Waals surface area contributed by atoms with E-state index in [1.54, 1.807) is 0 Å². The van der Waals surface area contributed by atoms with E-state index in [4.69, 9.17) is 0 Å². The highest BCUT2D eigenvalue weighted by molar-refractivity contribution is 6.01. The fourth-order valence-electron chi connectivity index (χ4n) is 5.48. The van der Waals surface area contributed by atoms with Crippen molar-refractivity contribution in [1.82, 2.24) is 5.32 Å². The van der Waals surface area contributed by atoms with Gasteiger partial charge in [-0.05, 0) is 41.0 Å². The van der Waals surface area contributed by atoms with Gasteiger partial charge in [-0.1, -0.05) is 69.3 Å². The summed E-state index contributed by atoms with van der Waals surface area (Å²) in [6.07, 6.45) is 3.90. The van der Waals surface area contributed by atoms with Gasteiger partial charge in [-0.25, -0.2) is 0 Å². The second-order valence-corrected chi connectivity index (χ2v) is 9.36. The van der Waals surface area contributed by atoms with Crippen LogP contribution in [0.25, 0.3) is 11.1 Å². The van der Waals surface area contributed by atoms with E-state index in [1.165, 1.54) is 5.56 Å². The van der Waals surface area contributed by atoms with Crippen LogP contribution >= 0.6 is 0 Å². The molecule has 1 N–H and O–H groups in total. The summed E-state index contributed by atoms with van der Waals surface area (Å²) in [7, 11) is 0. The van der Waals surface area contributed by atoms with Crippen LogP contribution in [0.15, 0.2) is 87.9 Å². The van der Waals surface area contributed by atoms with Gasteiger partial charge in [0.2, 0.25) is 0 Å². The molecule has 0 spiro atoms. The molecule has 2 aliphatic heterocycles. The Morgan fingerprint density at radius 1 is 1.03 bits per heavy atom. The Hall–Kier alpha value is -3.01. The number of hydrogen-bond acceptors (Lipinski definition) is 4. The van der Waals surface area contributed by atoms with E-state index in [0.717, 1.165) is 40.8 Å². The molecule has 1 aliphatic carbocycles. The number of benzene rings is 2. The molecular weight excluding hydrogens is 370 g/mol. The van der Waals surface area contributed by atoms with Crippen LogP contribution < -0.4 is 5.32 Å². The van der Waals surface area contributed by atoms with Gasteiger partial charge in [0, 0.05) is 23.3 Å². The topological polar surface area (TPSA) is 53.8 Å². The number of allylic oxidation sites excluding steroid dienone is 2. The molecule has 0 saturated heterocycles. The van der Waals surface area contributed by atoms with E-state index in [2.05, 4.69) is 84.8 Å². The molecule has 2 atom stereocenters. The fourth-order valence-corrected chi connectivity index (χ4v) is 5.48. The highest BCUT2D eigenvalue weighted by atomic mass is 16.1. The highest BCUT2D eigenvalue weighted by Crippen LogP contribution is 2.53. The first-order valence-corrected chi connectivity index (χ1v) is 10.7. The van der Waals surface area contributed by atoms with E-state index in [9.17, 15) is 4.79 Å². The van der Waals surface area contributed by atoms with Crippen LogP contribution in [0.1, 0.15) is 45.6 Å². The molecule has 152 valence electrons. The van der Waals surface area contributed by atoms with Gasteiger partial charge in [-0.3, -0.25) is 4.79 Å². The van der Waals surface area contributed by atoms with Gasteiger partial charge in [0.05, 0.1) is 11.6 Å². The number of carbonyl (C=O) groups excluding carboxylic acids is 1. The molecule has 3 aliphatic rings. The second kappa shape index (κ2) is 6.76. The third kappa shape index (κ3) is 2.78. The SMILES string of the molecule is CC[C@@]1(c2cccc(-c3ccccc3)c2)C2=CN=NC2NC2=C1C(=O)CC(C)(C)C2. The largest absolute Gasteiger partial charge is 0.362 e. The molecule has 30 heavy (non-hydrogen) atoms. The number of carbonyl (C=O) groups is 1. The maximum absolute atomic E-state index is 13.5. The summed E-state index contributed by atoms with van der Waals surface area (Å²) in [6.45, 7) is 6.51. The number of nitrogens with one attached hydrogen (secondary N) is 1. The Kier molecular flexibility index (Phi) is 4.28. The van der Waals surface area contributed by atoms with Crippen LogP contribution in [0.5, 0.6) is 0 Å². The van der Waals surface area contributed by atoms with Crippen LogP contribution in [-0.2, 0) is 10.2 Å². The minimum Gasteiger partial charge on any atom is -0.362 e. The molecule has 4 nitrogen and oxygen atoms in total. The van der Waals surface area contributed by atoms with Crippen molar-refractivity contribution < 1.29 is 4.79 Å². The van der Waals surface area contributed by atoms with Gasteiger partial charge in [-0.2, -0.15) is 10.2 Å². The lowest BCUT2D eigenvalue weighted by molar-refractivity contribution is -0.119. The third-order valence-electron chi connectivity index (χ3n) is 6.77. The number of Topliss-reactive ketones (excluding diaryl/α,β-unsaturated/α-hetero) is 1. The molecule has 0 fully saturated rings. The summed E-state index contributed by atoms with van der Waals surface area (Å²) in [5.74, 6) is 0.243. The molecule has 5 rings (SSSR count). The summed E-state index contributed by atoms with van der Waals surface area (Å²) >= 11 is 0. The van der Waals surface area contributed by atoms with Crippen LogP contribution in [0.4, 0.5) is 0 Å². The third-order valence-corrected chi connectivity index (χ3v) is 6.77. The minimum atomic E-state index is -0.493. The van der Waals surface area contributed by atoms with Crippen molar-refractivity contribution in [1.29, 1.82) is 0 Å². The van der Waals surface area contributed by atoms with Crippen molar-refractivity contribution in [2.75, 3.05) is 0 Å². The molecule has 0 radical (unpaired) electrons. The highest BCUT2D eigenvalue weighted by Gasteiger charge is 2.52. The van der Waals surface area contributed by atoms with Gasteiger partial charge in [0.1, 0.15) is 0 Å². The van der Waals surface area contributed by atoms with Crippen LogP contribution in [0.3, 0.4) is 0 Å². The zero-order chi connectivity index (χ0) is 20.9. The molecule has 4 heteroatoms. The Bertz CT molecular complexity index is 1110. The average molecular weight is 398 g/mol. The van der Waals surface area contributed by atoms with Gasteiger partial charge >= 0.3 is 0 Å². The Labute approximate surface area is 177 Å². The predicted octanol–water partition coefficient (Wildman–Crippen LogP) is 5.92. The fraction of sp³-hybridized carbons (Fsp3) is 0.346. The van der Waals surface area contributed by atoms with Crippen molar-refractivity contribution in [3.05, 3.63) is 83.2 Å². The quantitative estimate of drug-likeness (QED) is 0.698. The van der Waals surface area contributed by atoms with Crippen molar-refractivity contribution in [2.45, 2.75) is 51.6 Å². The normalized spacial score (nSPS) is 26.7. The molecule has 0 bridgehead atoms. The van der Waals surface area contributed by atoms with E-state index in [1.807, 2.05) is 12.3 Å². The first-order valence-electron chi connectivity index (χ1n) is 10.7. The lowest BCUT2D eigenvalue weighted by Crippen LogP contribution is -2.51. The number of azo groups is 1. The zero-order valence-corrected chi connectivity index (χ0v) is 17.8. The first kappa shape index (κ1) is 19.0. The smallest absolute Gasteiger partial charge is 0.164 e. The van der Waals surface area contributed by atoms with Crippen molar-refractivity contribution in [3.8, 4) is 11.1 Å². The maximum Gasteiger partial charge on any atom is 0.164 e. The molecule has 2 heterocycles. The summed E-state index contributed by atoms with van der Waals surface area (Å²) in [4.78, 5) is 13.5. The number of ketones is 1. The Morgan fingerprint density at radius 3 is 2.57 bits per heavy atom. The molecule has 2 aromatic rings. The molecule has 1 unspecified atom stereocenters. The average Bonchev–Trinajstić information content (AvgIpc) is 3.21. The van der Waals surface area contributed by atoms with Gasteiger partial charge < -0.3 is 5.32 Å². The van der Waals surface area contributed by atoms with Crippen molar-refractivity contribution in [3.63, 3.8) is 0 Å². The predicted molar refractivity (Wildman–Crippen MR) is 119 cm³/mol. The molecule has 0 saturated carbocycles. The summed E-state index contributed by atoms with van der Waals surface area (Å²) in [5.41, 5.74) is 6.00. The standard InChI is InChI=1S/C26H27N3O/c1-4-26(19-12-8-11-18(13-19)17-9-6-5-7-10-17)20-16-27-29-24(20)28-21-14-25(2,3)15-22(30)23(21)26/h5-13,16,24,28H,4,14-15H2,1-3H3/t24?,26-/m1/s1.